The van der Waals surface area contributed by atoms with E-state index in [1.54, 1.807) is 7.11 Å². The van der Waals surface area contributed by atoms with Crippen molar-refractivity contribution >= 4 is 11.6 Å². The van der Waals surface area contributed by atoms with Crippen molar-refractivity contribution in [2.75, 3.05) is 19.0 Å². The maximum absolute atomic E-state index is 12.5. The quantitative estimate of drug-likeness (QED) is 0.892. The topological polar surface area (TPSA) is 50.4 Å². The van der Waals surface area contributed by atoms with Crippen LogP contribution in [0.4, 0.5) is 5.69 Å². The van der Waals surface area contributed by atoms with Crippen LogP contribution in [0.1, 0.15) is 32.3 Å². The van der Waals surface area contributed by atoms with Crippen LogP contribution in [0.3, 0.4) is 0 Å². The van der Waals surface area contributed by atoms with Gasteiger partial charge in [0.15, 0.2) is 0 Å². The van der Waals surface area contributed by atoms with E-state index in [1.165, 1.54) is 0 Å². The average Bonchev–Trinajstić information content (AvgIpc) is 2.40. The molecule has 0 aromatic heterocycles. The van der Waals surface area contributed by atoms with Gasteiger partial charge in [-0.2, -0.15) is 0 Å². The fourth-order valence-electron chi connectivity index (χ4n) is 2.77. The zero-order chi connectivity index (χ0) is 14.8. The molecule has 0 spiro atoms. The van der Waals surface area contributed by atoms with E-state index in [0.717, 1.165) is 36.4 Å². The minimum Gasteiger partial charge on any atom is -0.497 e. The number of hydrogen-bond donors (Lipinski definition) is 2. The Bertz CT molecular complexity index is 497. The monoisotopic (exact) mass is 276 g/mol. The number of anilines is 1. The number of nitrogens with one attached hydrogen (secondary N) is 2. The van der Waals surface area contributed by atoms with Gasteiger partial charge in [-0.15, -0.1) is 0 Å². The standard InChI is InChI=1S/C16H24N2O2/c1-11-10-12(20-4)6-7-13(11)18-15(19)14-16(2,3)8-5-9-17-14/h6-7,10,14,17H,5,8-9H2,1-4H3,(H,18,19). The molecule has 1 aromatic rings. The van der Waals surface area contributed by atoms with Crippen molar-refractivity contribution in [2.24, 2.45) is 5.41 Å². The Balaban J connectivity index is 2.11. The summed E-state index contributed by atoms with van der Waals surface area (Å²) in [4.78, 5) is 12.5. The van der Waals surface area contributed by atoms with Gasteiger partial charge in [0, 0.05) is 5.69 Å². The van der Waals surface area contributed by atoms with Crippen molar-refractivity contribution in [3.63, 3.8) is 0 Å². The molecule has 0 aliphatic carbocycles. The number of carbonyl (C=O) groups is 1. The molecule has 1 heterocycles. The summed E-state index contributed by atoms with van der Waals surface area (Å²) < 4.78 is 5.18. The third kappa shape index (κ3) is 3.12. The van der Waals surface area contributed by atoms with Crippen LogP contribution in [0.2, 0.25) is 0 Å². The lowest BCUT2D eigenvalue weighted by Crippen LogP contribution is -2.53. The minimum atomic E-state index is -0.141. The number of aryl methyl sites for hydroxylation is 1. The van der Waals surface area contributed by atoms with E-state index in [4.69, 9.17) is 4.74 Å². The molecular formula is C16H24N2O2. The summed E-state index contributed by atoms with van der Waals surface area (Å²) in [6.07, 6.45) is 2.19. The van der Waals surface area contributed by atoms with Crippen molar-refractivity contribution in [3.05, 3.63) is 23.8 Å². The normalized spacial score (nSPS) is 21.3. The van der Waals surface area contributed by atoms with E-state index in [-0.39, 0.29) is 17.4 Å². The molecule has 1 aliphatic heterocycles. The minimum absolute atomic E-state index is 0.0112. The first-order valence-electron chi connectivity index (χ1n) is 7.13. The number of ether oxygens (including phenoxy) is 1. The van der Waals surface area contributed by atoms with Crippen LogP contribution in [0, 0.1) is 12.3 Å². The Morgan fingerprint density at radius 3 is 2.80 bits per heavy atom. The highest BCUT2D eigenvalue weighted by Crippen LogP contribution is 2.31. The molecule has 4 heteroatoms. The van der Waals surface area contributed by atoms with E-state index in [2.05, 4.69) is 24.5 Å². The summed E-state index contributed by atoms with van der Waals surface area (Å²) in [7, 11) is 1.64. The fraction of sp³-hybridized carbons (Fsp3) is 0.562. The molecule has 1 atom stereocenters. The molecule has 20 heavy (non-hydrogen) atoms. The highest BCUT2D eigenvalue weighted by Gasteiger charge is 2.37. The van der Waals surface area contributed by atoms with Gasteiger partial charge in [0.25, 0.3) is 0 Å². The van der Waals surface area contributed by atoms with Crippen LogP contribution in [-0.4, -0.2) is 25.6 Å². The summed E-state index contributed by atoms with van der Waals surface area (Å²) in [5.74, 6) is 0.847. The van der Waals surface area contributed by atoms with Crippen molar-refractivity contribution < 1.29 is 9.53 Å². The molecule has 1 fully saturated rings. The lowest BCUT2D eigenvalue weighted by atomic mass is 9.77. The van der Waals surface area contributed by atoms with Gasteiger partial charge in [-0.3, -0.25) is 4.79 Å². The Labute approximate surface area is 120 Å². The second kappa shape index (κ2) is 5.83. The molecule has 0 bridgehead atoms. The van der Waals surface area contributed by atoms with Crippen LogP contribution >= 0.6 is 0 Å². The zero-order valence-electron chi connectivity index (χ0n) is 12.7. The second-order valence-electron chi connectivity index (χ2n) is 6.15. The van der Waals surface area contributed by atoms with Gasteiger partial charge in [-0.05, 0) is 55.5 Å². The van der Waals surface area contributed by atoms with Crippen molar-refractivity contribution in [1.82, 2.24) is 5.32 Å². The third-order valence-corrected chi connectivity index (χ3v) is 4.08. The van der Waals surface area contributed by atoms with Gasteiger partial charge in [0.05, 0.1) is 13.2 Å². The molecule has 1 aliphatic rings. The van der Waals surface area contributed by atoms with Gasteiger partial charge < -0.3 is 15.4 Å². The SMILES string of the molecule is COc1ccc(NC(=O)C2NCCCC2(C)C)c(C)c1. The summed E-state index contributed by atoms with van der Waals surface area (Å²) in [6.45, 7) is 7.16. The highest BCUT2D eigenvalue weighted by molar-refractivity contribution is 5.96. The Morgan fingerprint density at radius 2 is 2.20 bits per heavy atom. The largest absolute Gasteiger partial charge is 0.497 e. The van der Waals surface area contributed by atoms with E-state index in [1.807, 2.05) is 25.1 Å². The number of rotatable bonds is 3. The number of carbonyl (C=O) groups excluding carboxylic acids is 1. The van der Waals surface area contributed by atoms with Crippen LogP contribution in [-0.2, 0) is 4.79 Å². The molecule has 1 amide bonds. The summed E-state index contributed by atoms with van der Waals surface area (Å²) >= 11 is 0. The summed E-state index contributed by atoms with van der Waals surface area (Å²) in [5.41, 5.74) is 1.84. The van der Waals surface area contributed by atoms with Crippen LogP contribution < -0.4 is 15.4 Å². The first-order chi connectivity index (χ1) is 9.44. The van der Waals surface area contributed by atoms with Crippen LogP contribution in [0.15, 0.2) is 18.2 Å². The smallest absolute Gasteiger partial charge is 0.242 e. The van der Waals surface area contributed by atoms with E-state index < -0.39 is 0 Å². The lowest BCUT2D eigenvalue weighted by molar-refractivity contribution is -0.121. The molecule has 1 aromatic carbocycles. The number of amides is 1. The van der Waals surface area contributed by atoms with Crippen LogP contribution in [0.5, 0.6) is 5.75 Å². The molecule has 110 valence electrons. The maximum Gasteiger partial charge on any atom is 0.242 e. The molecular weight excluding hydrogens is 252 g/mol. The molecule has 0 saturated carbocycles. The van der Waals surface area contributed by atoms with E-state index >= 15 is 0 Å². The molecule has 1 unspecified atom stereocenters. The van der Waals surface area contributed by atoms with Gasteiger partial charge >= 0.3 is 0 Å². The van der Waals surface area contributed by atoms with Gasteiger partial charge in [0.1, 0.15) is 5.75 Å². The van der Waals surface area contributed by atoms with Crippen molar-refractivity contribution in [2.45, 2.75) is 39.7 Å². The fourth-order valence-corrected chi connectivity index (χ4v) is 2.77. The molecule has 2 N–H and O–H groups in total. The maximum atomic E-state index is 12.5. The lowest BCUT2D eigenvalue weighted by Gasteiger charge is -2.38. The zero-order valence-corrected chi connectivity index (χ0v) is 12.7. The Morgan fingerprint density at radius 1 is 1.45 bits per heavy atom. The van der Waals surface area contributed by atoms with E-state index in [0.29, 0.717) is 0 Å². The number of methoxy groups -OCH3 is 1. The summed E-state index contributed by atoms with van der Waals surface area (Å²) in [5, 5.41) is 6.36. The number of hydrogen-bond acceptors (Lipinski definition) is 3. The molecule has 2 rings (SSSR count). The summed E-state index contributed by atoms with van der Waals surface area (Å²) in [6, 6.07) is 5.54. The molecule has 0 radical (unpaired) electrons. The first kappa shape index (κ1) is 14.9. The Hall–Kier alpha value is -1.55. The van der Waals surface area contributed by atoms with Gasteiger partial charge in [0.2, 0.25) is 5.91 Å². The predicted octanol–water partition coefficient (Wildman–Crippen LogP) is 2.72. The van der Waals surface area contributed by atoms with Gasteiger partial charge in [-0.25, -0.2) is 0 Å². The predicted molar refractivity (Wildman–Crippen MR) is 81.2 cm³/mol. The molecule has 1 saturated heterocycles. The average molecular weight is 276 g/mol. The third-order valence-electron chi connectivity index (χ3n) is 4.08. The highest BCUT2D eigenvalue weighted by atomic mass is 16.5. The van der Waals surface area contributed by atoms with Crippen LogP contribution in [0.25, 0.3) is 0 Å². The number of piperidine rings is 1. The van der Waals surface area contributed by atoms with Crippen molar-refractivity contribution in [1.29, 1.82) is 0 Å². The second-order valence-corrected chi connectivity index (χ2v) is 6.15. The Kier molecular flexibility index (Phi) is 4.33. The van der Waals surface area contributed by atoms with Gasteiger partial charge in [-0.1, -0.05) is 13.8 Å². The first-order valence-corrected chi connectivity index (χ1v) is 7.13. The number of benzene rings is 1. The van der Waals surface area contributed by atoms with E-state index in [9.17, 15) is 4.79 Å². The molecule has 4 nitrogen and oxygen atoms in total. The van der Waals surface area contributed by atoms with Crippen molar-refractivity contribution in [3.8, 4) is 5.75 Å².